The third-order valence-electron chi connectivity index (χ3n) is 2.46. The molecular formula is C7H16N2. The van der Waals surface area contributed by atoms with E-state index in [1.807, 2.05) is 0 Å². The van der Waals surface area contributed by atoms with Gasteiger partial charge in [0, 0.05) is 6.54 Å². The molecule has 0 spiro atoms. The number of hydrogen-bond acceptors (Lipinski definition) is 2. The maximum Gasteiger partial charge on any atom is 0.00101 e. The van der Waals surface area contributed by atoms with E-state index in [1.165, 1.54) is 38.9 Å². The fraction of sp³-hybridized carbons (Fsp3) is 1.00. The minimum absolute atomic E-state index is 0. The van der Waals surface area contributed by atoms with Gasteiger partial charge in [0.05, 0.1) is 0 Å². The first kappa shape index (κ1) is 7.03. The van der Waals surface area contributed by atoms with Crippen LogP contribution in [0.25, 0.3) is 0 Å². The van der Waals surface area contributed by atoms with Crippen LogP contribution >= 0.6 is 0 Å². The van der Waals surface area contributed by atoms with Crippen molar-refractivity contribution in [3.8, 4) is 0 Å². The molecular weight excluding hydrogens is 112 g/mol. The zero-order valence-electron chi connectivity index (χ0n) is 5.97. The zero-order valence-corrected chi connectivity index (χ0v) is 5.97. The summed E-state index contributed by atoms with van der Waals surface area (Å²) in [5.74, 6) is 1.09. The standard InChI is InChI=1S/C7H13N.H3N/c1-2-7-3-5-8(4-1)6-7;/h7H,1-6H2;1H3. The third-order valence-corrected chi connectivity index (χ3v) is 2.46. The highest BCUT2D eigenvalue weighted by Crippen LogP contribution is 2.25. The Morgan fingerprint density at radius 1 is 1.11 bits per heavy atom. The van der Waals surface area contributed by atoms with Crippen molar-refractivity contribution < 1.29 is 0 Å². The lowest BCUT2D eigenvalue weighted by atomic mass is 10.0. The van der Waals surface area contributed by atoms with Gasteiger partial charge in [-0.25, -0.2) is 0 Å². The van der Waals surface area contributed by atoms with Gasteiger partial charge in [0.15, 0.2) is 0 Å². The van der Waals surface area contributed by atoms with Crippen molar-refractivity contribution in [1.29, 1.82) is 0 Å². The van der Waals surface area contributed by atoms with Crippen LogP contribution in [0.15, 0.2) is 0 Å². The van der Waals surface area contributed by atoms with Crippen LogP contribution in [0.5, 0.6) is 0 Å². The second kappa shape index (κ2) is 2.67. The summed E-state index contributed by atoms with van der Waals surface area (Å²) in [5, 5.41) is 0. The first-order valence-corrected chi connectivity index (χ1v) is 3.67. The molecule has 2 atom stereocenters. The van der Waals surface area contributed by atoms with Crippen molar-refractivity contribution in [1.82, 2.24) is 11.1 Å². The Morgan fingerprint density at radius 2 is 2.00 bits per heavy atom. The molecule has 0 radical (unpaired) electrons. The van der Waals surface area contributed by atoms with Crippen LogP contribution < -0.4 is 6.15 Å². The van der Waals surface area contributed by atoms with Crippen molar-refractivity contribution in [2.75, 3.05) is 19.6 Å². The predicted octanol–water partition coefficient (Wildman–Crippen LogP) is 1.26. The van der Waals surface area contributed by atoms with Crippen molar-refractivity contribution in [2.45, 2.75) is 19.3 Å². The second-order valence-electron chi connectivity index (χ2n) is 3.10. The number of hydrogen-bond donors (Lipinski definition) is 1. The molecule has 2 nitrogen and oxygen atoms in total. The highest BCUT2D eigenvalue weighted by molar-refractivity contribution is 4.79. The van der Waals surface area contributed by atoms with E-state index in [9.17, 15) is 0 Å². The Kier molecular flexibility index (Phi) is 2.09. The van der Waals surface area contributed by atoms with Gasteiger partial charge in [-0.3, -0.25) is 0 Å². The second-order valence-corrected chi connectivity index (χ2v) is 3.10. The van der Waals surface area contributed by atoms with Gasteiger partial charge >= 0.3 is 0 Å². The van der Waals surface area contributed by atoms with E-state index in [1.54, 1.807) is 0 Å². The van der Waals surface area contributed by atoms with Crippen molar-refractivity contribution in [3.05, 3.63) is 0 Å². The van der Waals surface area contributed by atoms with Gasteiger partial charge in [0.25, 0.3) is 0 Å². The average molecular weight is 128 g/mol. The van der Waals surface area contributed by atoms with Crippen LogP contribution in [0.4, 0.5) is 0 Å². The summed E-state index contributed by atoms with van der Waals surface area (Å²) in [6.07, 6.45) is 4.46. The molecule has 0 aromatic rings. The molecule has 2 heterocycles. The summed E-state index contributed by atoms with van der Waals surface area (Å²) in [4.78, 5) is 2.59. The van der Waals surface area contributed by atoms with Gasteiger partial charge in [-0.1, -0.05) is 0 Å². The lowest BCUT2D eigenvalue weighted by Gasteiger charge is -2.20. The molecule has 2 saturated heterocycles. The van der Waals surface area contributed by atoms with Crippen LogP contribution in [-0.2, 0) is 0 Å². The summed E-state index contributed by atoms with van der Waals surface area (Å²) in [7, 11) is 0. The SMILES string of the molecule is C1CC2CCN(C1)C2.N. The lowest BCUT2D eigenvalue weighted by Crippen LogP contribution is -2.25. The minimum Gasteiger partial charge on any atom is -0.344 e. The molecule has 54 valence electrons. The summed E-state index contributed by atoms with van der Waals surface area (Å²) < 4.78 is 0. The van der Waals surface area contributed by atoms with Crippen LogP contribution in [0, 0.1) is 5.92 Å². The molecule has 0 aromatic heterocycles. The van der Waals surface area contributed by atoms with Gasteiger partial charge in [-0.05, 0) is 38.3 Å². The van der Waals surface area contributed by atoms with Crippen molar-refractivity contribution >= 4 is 0 Å². The molecule has 2 bridgehead atoms. The van der Waals surface area contributed by atoms with Crippen molar-refractivity contribution in [2.24, 2.45) is 5.92 Å². The molecule has 2 fully saturated rings. The third kappa shape index (κ3) is 1.25. The normalized spacial score (nSPS) is 40.0. The number of rotatable bonds is 0. The zero-order chi connectivity index (χ0) is 5.40. The van der Waals surface area contributed by atoms with E-state index in [2.05, 4.69) is 4.90 Å². The average Bonchev–Trinajstić information content (AvgIpc) is 2.12. The summed E-state index contributed by atoms with van der Waals surface area (Å²) in [6, 6.07) is 0. The van der Waals surface area contributed by atoms with Gasteiger partial charge < -0.3 is 11.1 Å². The Morgan fingerprint density at radius 3 is 2.67 bits per heavy atom. The molecule has 0 aliphatic carbocycles. The highest BCUT2D eigenvalue weighted by Gasteiger charge is 2.25. The molecule has 2 aliphatic rings. The molecule has 0 amide bonds. The largest absolute Gasteiger partial charge is 0.344 e. The number of fused-ring (bicyclic) bond motifs is 2. The molecule has 3 N–H and O–H groups in total. The predicted molar refractivity (Wildman–Crippen MR) is 38.8 cm³/mol. The Balaban J connectivity index is 0.000000405. The molecule has 2 aliphatic heterocycles. The fourth-order valence-corrected chi connectivity index (χ4v) is 1.96. The quantitative estimate of drug-likeness (QED) is 0.533. The Bertz CT molecular complexity index is 78.9. The number of piperidine rings is 1. The van der Waals surface area contributed by atoms with E-state index in [4.69, 9.17) is 0 Å². The number of nitrogens with zero attached hydrogens (tertiary/aromatic N) is 1. The van der Waals surface area contributed by atoms with E-state index in [-0.39, 0.29) is 6.15 Å². The molecule has 0 saturated carbocycles. The maximum atomic E-state index is 2.59. The van der Waals surface area contributed by atoms with Gasteiger partial charge in [-0.2, -0.15) is 0 Å². The minimum atomic E-state index is 0. The molecule has 9 heavy (non-hydrogen) atoms. The van der Waals surface area contributed by atoms with Gasteiger partial charge in [0.1, 0.15) is 0 Å². The first-order chi connectivity index (χ1) is 3.95. The lowest BCUT2D eigenvalue weighted by molar-refractivity contribution is 0.270. The topological polar surface area (TPSA) is 38.2 Å². The first-order valence-electron chi connectivity index (χ1n) is 3.67. The molecule has 0 aromatic carbocycles. The van der Waals surface area contributed by atoms with Crippen LogP contribution in [0.2, 0.25) is 0 Å². The highest BCUT2D eigenvalue weighted by atomic mass is 15.1. The Hall–Kier alpha value is -0.0800. The van der Waals surface area contributed by atoms with Gasteiger partial charge in [-0.15, -0.1) is 0 Å². The van der Waals surface area contributed by atoms with Gasteiger partial charge in [0.2, 0.25) is 0 Å². The van der Waals surface area contributed by atoms with Crippen molar-refractivity contribution in [3.63, 3.8) is 0 Å². The smallest absolute Gasteiger partial charge is 0.00101 e. The van der Waals surface area contributed by atoms with Crippen LogP contribution in [0.3, 0.4) is 0 Å². The summed E-state index contributed by atoms with van der Waals surface area (Å²) >= 11 is 0. The summed E-state index contributed by atoms with van der Waals surface area (Å²) in [6.45, 7) is 4.20. The van der Waals surface area contributed by atoms with Crippen LogP contribution in [-0.4, -0.2) is 24.5 Å². The maximum absolute atomic E-state index is 2.59. The van der Waals surface area contributed by atoms with Crippen LogP contribution in [0.1, 0.15) is 19.3 Å². The molecule has 2 rings (SSSR count). The summed E-state index contributed by atoms with van der Waals surface area (Å²) in [5.41, 5.74) is 0. The van der Waals surface area contributed by atoms with E-state index in [0.717, 1.165) is 5.92 Å². The molecule has 2 heteroatoms. The fourth-order valence-electron chi connectivity index (χ4n) is 1.96. The molecule has 2 unspecified atom stereocenters. The van der Waals surface area contributed by atoms with E-state index >= 15 is 0 Å². The monoisotopic (exact) mass is 128 g/mol. The Labute approximate surface area is 56.8 Å². The van der Waals surface area contributed by atoms with E-state index < -0.39 is 0 Å². The van der Waals surface area contributed by atoms with E-state index in [0.29, 0.717) is 0 Å².